The second-order valence-electron chi connectivity index (χ2n) is 4.37. The molecule has 3 N–H and O–H groups in total. The van der Waals surface area contributed by atoms with Gasteiger partial charge in [0.25, 0.3) is 0 Å². The fourth-order valence-corrected chi connectivity index (χ4v) is 1.93. The van der Waals surface area contributed by atoms with Crippen LogP contribution in [0.25, 0.3) is 0 Å². The van der Waals surface area contributed by atoms with E-state index in [4.69, 9.17) is 5.11 Å². The summed E-state index contributed by atoms with van der Waals surface area (Å²) in [4.78, 5) is 22.6. The fraction of sp³-hybridized carbons (Fsp3) is 0.385. The number of aromatic hydroxyl groups is 1. The predicted molar refractivity (Wildman–Crippen MR) is 66.0 cm³/mol. The largest absolute Gasteiger partial charge is 0.508 e. The molecule has 1 aliphatic rings. The van der Waals surface area contributed by atoms with Crippen molar-refractivity contribution >= 4 is 11.8 Å². The average Bonchev–Trinajstić information content (AvgIpc) is 2.78. The number of nitrogens with one attached hydrogen (secondary N) is 2. The zero-order valence-electron chi connectivity index (χ0n) is 9.98. The molecule has 1 fully saturated rings. The van der Waals surface area contributed by atoms with E-state index in [2.05, 4.69) is 10.6 Å². The van der Waals surface area contributed by atoms with Gasteiger partial charge in [0.05, 0.1) is 0 Å². The molecule has 0 aromatic heterocycles. The van der Waals surface area contributed by atoms with Gasteiger partial charge in [0.1, 0.15) is 11.8 Å². The Kier molecular flexibility index (Phi) is 3.82. The van der Waals surface area contributed by atoms with Crippen molar-refractivity contribution in [2.75, 3.05) is 6.54 Å². The van der Waals surface area contributed by atoms with Crippen LogP contribution in [0.3, 0.4) is 0 Å². The van der Waals surface area contributed by atoms with E-state index in [1.54, 1.807) is 12.1 Å². The third kappa shape index (κ3) is 3.23. The van der Waals surface area contributed by atoms with Gasteiger partial charge in [0.15, 0.2) is 0 Å². The Balaban J connectivity index is 1.73. The van der Waals surface area contributed by atoms with E-state index in [0.29, 0.717) is 25.8 Å². The Labute approximate surface area is 105 Å². The van der Waals surface area contributed by atoms with Gasteiger partial charge >= 0.3 is 0 Å². The van der Waals surface area contributed by atoms with Gasteiger partial charge in [-0.1, -0.05) is 12.1 Å². The molecule has 1 aromatic carbocycles. The van der Waals surface area contributed by atoms with Gasteiger partial charge in [-0.15, -0.1) is 0 Å². The lowest BCUT2D eigenvalue weighted by Crippen LogP contribution is -2.42. The van der Waals surface area contributed by atoms with Crippen LogP contribution in [0, 0.1) is 0 Å². The van der Waals surface area contributed by atoms with E-state index in [1.807, 2.05) is 12.1 Å². The van der Waals surface area contributed by atoms with Gasteiger partial charge in [-0.3, -0.25) is 9.59 Å². The first-order valence-electron chi connectivity index (χ1n) is 6.00. The van der Waals surface area contributed by atoms with Crippen LogP contribution in [0.2, 0.25) is 0 Å². The first-order valence-corrected chi connectivity index (χ1v) is 6.00. The molecule has 0 radical (unpaired) electrons. The summed E-state index contributed by atoms with van der Waals surface area (Å²) in [6.07, 6.45) is 1.70. The number of carbonyl (C=O) groups is 2. The summed E-state index contributed by atoms with van der Waals surface area (Å²) in [5.41, 5.74) is 1.04. The summed E-state index contributed by atoms with van der Waals surface area (Å²) < 4.78 is 0. The minimum Gasteiger partial charge on any atom is -0.508 e. The van der Waals surface area contributed by atoms with Crippen molar-refractivity contribution in [2.24, 2.45) is 0 Å². The van der Waals surface area contributed by atoms with E-state index >= 15 is 0 Å². The molecule has 1 aromatic rings. The Morgan fingerprint density at radius 2 is 2.11 bits per heavy atom. The molecule has 2 amide bonds. The smallest absolute Gasteiger partial charge is 0.242 e. The minimum atomic E-state index is -0.377. The molecule has 2 rings (SSSR count). The highest BCUT2D eigenvalue weighted by atomic mass is 16.3. The summed E-state index contributed by atoms with van der Waals surface area (Å²) in [6, 6.07) is 6.50. The molecule has 0 spiro atoms. The van der Waals surface area contributed by atoms with Crippen LogP contribution in [0.15, 0.2) is 24.3 Å². The molecule has 18 heavy (non-hydrogen) atoms. The molecular formula is C13H16N2O3. The maximum atomic E-state index is 11.7. The van der Waals surface area contributed by atoms with E-state index < -0.39 is 0 Å². The lowest BCUT2D eigenvalue weighted by atomic mass is 10.1. The van der Waals surface area contributed by atoms with Crippen molar-refractivity contribution < 1.29 is 14.7 Å². The molecule has 1 atom stereocenters. The van der Waals surface area contributed by atoms with Crippen LogP contribution in [0.4, 0.5) is 0 Å². The molecule has 0 aliphatic carbocycles. The summed E-state index contributed by atoms with van der Waals surface area (Å²) in [6.45, 7) is 0.524. The van der Waals surface area contributed by atoms with E-state index in [1.165, 1.54) is 0 Å². The van der Waals surface area contributed by atoms with E-state index in [9.17, 15) is 9.59 Å². The number of carbonyl (C=O) groups excluding carboxylic acids is 2. The monoisotopic (exact) mass is 248 g/mol. The van der Waals surface area contributed by atoms with Crippen molar-refractivity contribution in [3.8, 4) is 5.75 Å². The summed E-state index contributed by atoms with van der Waals surface area (Å²) in [7, 11) is 0. The number of amides is 2. The van der Waals surface area contributed by atoms with Crippen LogP contribution < -0.4 is 10.6 Å². The number of phenols is 1. The number of rotatable bonds is 4. The Morgan fingerprint density at radius 3 is 2.72 bits per heavy atom. The molecule has 96 valence electrons. The molecule has 1 saturated heterocycles. The zero-order chi connectivity index (χ0) is 13.0. The third-order valence-electron chi connectivity index (χ3n) is 2.96. The van der Waals surface area contributed by atoms with Crippen LogP contribution >= 0.6 is 0 Å². The SMILES string of the molecule is O=C1CC[C@H](C(=O)NCCc2ccc(O)cc2)N1. The first-order chi connectivity index (χ1) is 8.65. The normalized spacial score (nSPS) is 18.4. The van der Waals surface area contributed by atoms with Gasteiger partial charge in [-0.05, 0) is 30.5 Å². The second kappa shape index (κ2) is 5.53. The predicted octanol–water partition coefficient (Wildman–Crippen LogP) is 0.329. The van der Waals surface area contributed by atoms with Crippen molar-refractivity contribution in [3.63, 3.8) is 0 Å². The lowest BCUT2D eigenvalue weighted by Gasteiger charge is -2.10. The Bertz CT molecular complexity index is 442. The number of hydrogen-bond acceptors (Lipinski definition) is 3. The van der Waals surface area contributed by atoms with Crippen molar-refractivity contribution in [1.29, 1.82) is 0 Å². The fourth-order valence-electron chi connectivity index (χ4n) is 1.93. The molecule has 5 nitrogen and oxygen atoms in total. The molecule has 1 heterocycles. The summed E-state index contributed by atoms with van der Waals surface area (Å²) in [5.74, 6) is 0.0461. The van der Waals surface area contributed by atoms with Crippen LogP contribution in [0.1, 0.15) is 18.4 Å². The third-order valence-corrected chi connectivity index (χ3v) is 2.96. The summed E-state index contributed by atoms with van der Waals surface area (Å²) >= 11 is 0. The van der Waals surface area contributed by atoms with Crippen LogP contribution in [-0.2, 0) is 16.0 Å². The van der Waals surface area contributed by atoms with E-state index in [-0.39, 0.29) is 23.6 Å². The molecule has 0 saturated carbocycles. The van der Waals surface area contributed by atoms with Gasteiger partial charge < -0.3 is 15.7 Å². The highest BCUT2D eigenvalue weighted by molar-refractivity contribution is 5.90. The van der Waals surface area contributed by atoms with Gasteiger partial charge in [0, 0.05) is 13.0 Å². The molecule has 0 unspecified atom stereocenters. The molecule has 0 bridgehead atoms. The van der Waals surface area contributed by atoms with Crippen molar-refractivity contribution in [3.05, 3.63) is 29.8 Å². The number of hydrogen-bond donors (Lipinski definition) is 3. The minimum absolute atomic E-state index is 0.0614. The first kappa shape index (κ1) is 12.4. The summed E-state index contributed by atoms with van der Waals surface area (Å²) in [5, 5.41) is 14.5. The second-order valence-corrected chi connectivity index (χ2v) is 4.37. The standard InChI is InChI=1S/C13H16N2O3/c16-10-3-1-9(2-4-10)7-8-14-13(18)11-5-6-12(17)15-11/h1-4,11,16H,5-8H2,(H,14,18)(H,15,17)/t11-/m1/s1. The Morgan fingerprint density at radius 1 is 1.39 bits per heavy atom. The van der Waals surface area contributed by atoms with Gasteiger partial charge in [0.2, 0.25) is 11.8 Å². The maximum absolute atomic E-state index is 11.7. The van der Waals surface area contributed by atoms with Crippen LogP contribution in [-0.4, -0.2) is 29.5 Å². The van der Waals surface area contributed by atoms with E-state index in [0.717, 1.165) is 5.56 Å². The van der Waals surface area contributed by atoms with Crippen LogP contribution in [0.5, 0.6) is 5.75 Å². The number of benzene rings is 1. The lowest BCUT2D eigenvalue weighted by molar-refractivity contribution is -0.125. The maximum Gasteiger partial charge on any atom is 0.242 e. The Hall–Kier alpha value is -2.04. The zero-order valence-corrected chi connectivity index (χ0v) is 9.98. The topological polar surface area (TPSA) is 78.4 Å². The molecule has 1 aliphatic heterocycles. The molecule has 5 heteroatoms. The quantitative estimate of drug-likeness (QED) is 0.718. The van der Waals surface area contributed by atoms with Gasteiger partial charge in [-0.2, -0.15) is 0 Å². The van der Waals surface area contributed by atoms with Gasteiger partial charge in [-0.25, -0.2) is 0 Å². The average molecular weight is 248 g/mol. The number of phenolic OH excluding ortho intramolecular Hbond substituents is 1. The highest BCUT2D eigenvalue weighted by Gasteiger charge is 2.26. The van der Waals surface area contributed by atoms with Crippen molar-refractivity contribution in [2.45, 2.75) is 25.3 Å². The van der Waals surface area contributed by atoms with Crippen molar-refractivity contribution in [1.82, 2.24) is 10.6 Å². The highest BCUT2D eigenvalue weighted by Crippen LogP contribution is 2.10. The molecular weight excluding hydrogens is 232 g/mol.